The monoisotopic (exact) mass is 688 g/mol. The van der Waals surface area contributed by atoms with E-state index in [1.807, 2.05) is 12.1 Å². The summed E-state index contributed by atoms with van der Waals surface area (Å²) in [5.74, 6) is 4.92. The second kappa shape index (κ2) is 13.1. The topological polar surface area (TPSA) is 235 Å². The Kier molecular flexibility index (Phi) is 10.3. The van der Waals surface area contributed by atoms with Crippen LogP contribution in [0, 0.1) is 11.8 Å². The first-order valence-corrected chi connectivity index (χ1v) is 16.5. The molecule has 4 aliphatic heterocycles. The van der Waals surface area contributed by atoms with Gasteiger partial charge in [0.25, 0.3) is 0 Å². The predicted octanol–water partition coefficient (Wildman–Crippen LogP) is -0.257. The summed E-state index contributed by atoms with van der Waals surface area (Å²) in [4.78, 5) is 30.2. The minimum Gasteiger partial charge on any atom is -0.493 e. The van der Waals surface area contributed by atoms with Gasteiger partial charge in [0.1, 0.15) is 0 Å². The molecule has 0 amide bonds. The van der Waals surface area contributed by atoms with Crippen molar-refractivity contribution >= 4 is 11.6 Å². The number of nitrogens with zero attached hydrogens (tertiary/aromatic N) is 2. The summed E-state index contributed by atoms with van der Waals surface area (Å²) >= 11 is 0. The Morgan fingerprint density at radius 3 is 1.41 bits per heavy atom. The van der Waals surface area contributed by atoms with Gasteiger partial charge in [-0.3, -0.25) is 9.59 Å². The SMILES string of the molecule is COc1ccc2c3c1O[C@H]1C(=O)CC[C@H]4[C@@H](C2)N(C)CC[C@]314.COc1ccc2c3c1O[C@H]1C(=O)CC[C@H]4[C@@H](C2)N(C)CC[C@]314.O.O.O.O.O. The molecule has 272 valence electrons. The third-order valence-corrected chi connectivity index (χ3v) is 13.2. The number of ketones is 2. The normalized spacial score (nSPS) is 34.5. The fourth-order valence-corrected chi connectivity index (χ4v) is 11.3. The molecule has 2 aromatic rings. The van der Waals surface area contributed by atoms with Gasteiger partial charge in [0.05, 0.1) is 14.2 Å². The van der Waals surface area contributed by atoms with Crippen LogP contribution in [0.15, 0.2) is 24.3 Å². The highest BCUT2D eigenvalue weighted by Crippen LogP contribution is 2.64. The number of piperidine rings is 2. The lowest BCUT2D eigenvalue weighted by atomic mass is 9.52. The molecular formula is C36H52N2O11. The molecule has 4 aliphatic carbocycles. The van der Waals surface area contributed by atoms with Gasteiger partial charge in [0.2, 0.25) is 0 Å². The first kappa shape index (κ1) is 38.5. The summed E-state index contributed by atoms with van der Waals surface area (Å²) in [5.41, 5.74) is 5.15. The molecule has 13 nitrogen and oxygen atoms in total. The van der Waals surface area contributed by atoms with Crippen LogP contribution in [-0.2, 0) is 33.3 Å². The van der Waals surface area contributed by atoms with E-state index < -0.39 is 0 Å². The molecule has 10 rings (SSSR count). The Morgan fingerprint density at radius 2 is 1.04 bits per heavy atom. The fraction of sp³-hybridized carbons (Fsp3) is 0.611. The lowest BCUT2D eigenvalue weighted by molar-refractivity contribution is -0.138. The molecule has 10 N–H and O–H groups in total. The van der Waals surface area contributed by atoms with Crippen molar-refractivity contribution in [3.8, 4) is 23.0 Å². The van der Waals surface area contributed by atoms with Crippen molar-refractivity contribution in [3.05, 3.63) is 46.5 Å². The minimum absolute atomic E-state index is 0. The van der Waals surface area contributed by atoms with Gasteiger partial charge in [-0.25, -0.2) is 0 Å². The summed E-state index contributed by atoms with van der Waals surface area (Å²) in [6.07, 6.45) is 6.94. The van der Waals surface area contributed by atoms with Crippen molar-refractivity contribution in [1.29, 1.82) is 0 Å². The third kappa shape index (κ3) is 4.63. The van der Waals surface area contributed by atoms with E-state index in [4.69, 9.17) is 18.9 Å². The van der Waals surface area contributed by atoms with Crippen LogP contribution in [-0.4, -0.2) is 114 Å². The number of carbonyl (C=O) groups excluding carboxylic acids is 2. The van der Waals surface area contributed by atoms with Gasteiger partial charge in [0.15, 0.2) is 46.8 Å². The summed E-state index contributed by atoms with van der Waals surface area (Å²) in [5, 5.41) is 0. The zero-order valence-electron chi connectivity index (χ0n) is 28.7. The fourth-order valence-electron chi connectivity index (χ4n) is 11.3. The first-order valence-electron chi connectivity index (χ1n) is 16.5. The number of rotatable bonds is 2. The molecule has 4 bridgehead atoms. The Balaban J connectivity index is 0.000000200. The minimum atomic E-state index is -0.284. The van der Waals surface area contributed by atoms with Crippen LogP contribution in [0.1, 0.15) is 60.8 Å². The summed E-state index contributed by atoms with van der Waals surface area (Å²) < 4.78 is 23.6. The molecule has 13 heteroatoms. The van der Waals surface area contributed by atoms with Crippen molar-refractivity contribution in [3.63, 3.8) is 0 Å². The van der Waals surface area contributed by atoms with E-state index in [9.17, 15) is 9.59 Å². The zero-order valence-corrected chi connectivity index (χ0v) is 28.7. The van der Waals surface area contributed by atoms with Crippen molar-refractivity contribution < 1.29 is 55.9 Å². The van der Waals surface area contributed by atoms with Crippen molar-refractivity contribution in [2.24, 2.45) is 11.8 Å². The second-order valence-corrected chi connectivity index (χ2v) is 14.6. The van der Waals surface area contributed by atoms with Gasteiger partial charge >= 0.3 is 0 Å². The van der Waals surface area contributed by atoms with Crippen LogP contribution >= 0.6 is 0 Å². The number of carbonyl (C=O) groups is 2. The predicted molar refractivity (Wildman–Crippen MR) is 181 cm³/mol. The maximum absolute atomic E-state index is 12.6. The average Bonchev–Trinajstić information content (AvgIpc) is 3.57. The molecule has 0 aromatic heterocycles. The Bertz CT molecular complexity index is 1500. The Labute approximate surface area is 286 Å². The number of likely N-dealkylation sites (N-methyl/N-ethyl adjacent to an activating group) is 2. The third-order valence-electron chi connectivity index (χ3n) is 13.2. The number of benzene rings is 2. The van der Waals surface area contributed by atoms with E-state index in [0.717, 1.165) is 74.6 Å². The van der Waals surface area contributed by atoms with E-state index in [-0.39, 0.29) is 62.0 Å². The maximum Gasteiger partial charge on any atom is 0.174 e. The standard InChI is InChI=1S/2C18H21NO3.5H2O/c2*1-19-8-7-18-11-4-5-13(20)17(18)22-16-14(21-2)6-3-10(15(16)18)9-12(11)19;;;;;/h2*3,6,11-12,17H,4-5,7-9H2,1-2H3;5*1H2/t2*11-,12+,17-,18-;;;;;/m00...../s1. The Morgan fingerprint density at radius 1 is 0.653 bits per heavy atom. The number of likely N-dealkylation sites (tertiary alicyclic amines) is 2. The van der Waals surface area contributed by atoms with E-state index in [1.165, 1.54) is 22.3 Å². The van der Waals surface area contributed by atoms with Gasteiger partial charge in [-0.1, -0.05) is 12.1 Å². The number of Topliss-reactive ketones (excluding diaryl/α,β-unsaturated/α-hetero) is 2. The molecule has 4 heterocycles. The van der Waals surface area contributed by atoms with Crippen LogP contribution in [0.25, 0.3) is 0 Å². The molecule has 2 saturated heterocycles. The molecule has 8 atom stereocenters. The summed E-state index contributed by atoms with van der Waals surface area (Å²) in [6, 6.07) is 9.46. The molecule has 8 aliphatic rings. The van der Waals surface area contributed by atoms with E-state index >= 15 is 0 Å². The van der Waals surface area contributed by atoms with Crippen molar-refractivity contribution in [2.75, 3.05) is 41.4 Å². The molecule has 2 spiro atoms. The highest BCUT2D eigenvalue weighted by molar-refractivity contribution is 5.90. The van der Waals surface area contributed by atoms with Gasteiger partial charge < -0.3 is 56.1 Å². The van der Waals surface area contributed by atoms with E-state index in [2.05, 4.69) is 36.0 Å². The molecule has 49 heavy (non-hydrogen) atoms. The summed E-state index contributed by atoms with van der Waals surface area (Å²) in [7, 11) is 7.82. The number of hydrogen-bond donors (Lipinski definition) is 0. The van der Waals surface area contributed by atoms with Crippen molar-refractivity contribution in [1.82, 2.24) is 9.80 Å². The first-order chi connectivity index (χ1) is 21.3. The van der Waals surface area contributed by atoms with Crippen LogP contribution in [0.4, 0.5) is 0 Å². The van der Waals surface area contributed by atoms with E-state index in [0.29, 0.717) is 36.8 Å². The number of methoxy groups -OCH3 is 2. The average molecular weight is 689 g/mol. The largest absolute Gasteiger partial charge is 0.493 e. The molecule has 4 fully saturated rings. The van der Waals surface area contributed by atoms with Gasteiger partial charge in [-0.2, -0.15) is 0 Å². The van der Waals surface area contributed by atoms with Gasteiger partial charge in [-0.15, -0.1) is 0 Å². The maximum atomic E-state index is 12.6. The quantitative estimate of drug-likeness (QED) is 0.407. The molecule has 0 unspecified atom stereocenters. The van der Waals surface area contributed by atoms with Crippen molar-refractivity contribution in [2.45, 2.75) is 86.5 Å². The smallest absolute Gasteiger partial charge is 0.174 e. The van der Waals surface area contributed by atoms with E-state index in [1.54, 1.807) is 14.2 Å². The van der Waals surface area contributed by atoms with Crippen LogP contribution in [0.2, 0.25) is 0 Å². The van der Waals surface area contributed by atoms with Crippen LogP contribution in [0.3, 0.4) is 0 Å². The van der Waals surface area contributed by atoms with Crippen LogP contribution < -0.4 is 18.9 Å². The van der Waals surface area contributed by atoms with Crippen LogP contribution in [0.5, 0.6) is 23.0 Å². The summed E-state index contributed by atoms with van der Waals surface area (Å²) in [6.45, 7) is 2.09. The molecule has 2 saturated carbocycles. The zero-order chi connectivity index (χ0) is 30.1. The highest BCUT2D eigenvalue weighted by atomic mass is 16.5. The lowest BCUT2D eigenvalue weighted by Gasteiger charge is -2.57. The number of ether oxygens (including phenoxy) is 4. The Hall–Kier alpha value is -3.30. The molecular weight excluding hydrogens is 636 g/mol. The lowest BCUT2D eigenvalue weighted by Crippen LogP contribution is -2.65. The second-order valence-electron chi connectivity index (χ2n) is 14.6. The molecule has 0 radical (unpaired) electrons. The van der Waals surface area contributed by atoms with Gasteiger partial charge in [0, 0.05) is 46.9 Å². The molecule has 2 aromatic carbocycles. The number of hydrogen-bond acceptors (Lipinski definition) is 8. The van der Waals surface area contributed by atoms with Gasteiger partial charge in [-0.05, 0) is 101 Å². The highest BCUT2D eigenvalue weighted by Gasteiger charge is 2.67.